The van der Waals surface area contributed by atoms with E-state index in [-0.39, 0.29) is 18.2 Å². The zero-order chi connectivity index (χ0) is 19.0. The Hall–Kier alpha value is -2.84. The topological polar surface area (TPSA) is 75.0 Å². The number of amides is 1. The van der Waals surface area contributed by atoms with E-state index in [9.17, 15) is 18.0 Å². The van der Waals surface area contributed by atoms with Gasteiger partial charge >= 0.3 is 6.18 Å². The highest BCUT2D eigenvalue weighted by molar-refractivity contribution is 5.95. The zero-order valence-corrected chi connectivity index (χ0v) is 14.3. The highest BCUT2D eigenvalue weighted by Gasteiger charge is 2.33. The molecule has 1 aliphatic rings. The van der Waals surface area contributed by atoms with Crippen LogP contribution < -0.4 is 0 Å². The lowest BCUT2D eigenvalue weighted by Gasteiger charge is -2.22. The van der Waals surface area contributed by atoms with Crippen molar-refractivity contribution in [2.45, 2.75) is 25.4 Å². The minimum Gasteiger partial charge on any atom is -0.458 e. The maximum atomic E-state index is 12.7. The monoisotopic (exact) mass is 378 g/mol. The van der Waals surface area contributed by atoms with Gasteiger partial charge in [0.25, 0.3) is 5.91 Å². The predicted molar refractivity (Wildman–Crippen MR) is 90.9 cm³/mol. The Balaban J connectivity index is 1.56. The molecule has 1 N–H and O–H groups in total. The van der Waals surface area contributed by atoms with E-state index in [1.807, 2.05) is 6.07 Å². The molecule has 0 aromatic carbocycles. The minimum atomic E-state index is -4.31. The number of H-pyrrole nitrogens is 1. The van der Waals surface area contributed by atoms with Gasteiger partial charge in [-0.1, -0.05) is 0 Å². The first-order chi connectivity index (χ1) is 12.9. The maximum Gasteiger partial charge on any atom is 0.390 e. The van der Waals surface area contributed by atoms with E-state index in [4.69, 9.17) is 4.42 Å². The third kappa shape index (κ3) is 3.96. The van der Waals surface area contributed by atoms with Crippen LogP contribution in [-0.2, 0) is 0 Å². The van der Waals surface area contributed by atoms with Crippen LogP contribution in [0.2, 0.25) is 0 Å². The van der Waals surface area contributed by atoms with E-state index in [1.54, 1.807) is 6.20 Å². The molecule has 0 unspecified atom stereocenters. The summed E-state index contributed by atoms with van der Waals surface area (Å²) in [6.07, 6.45) is 1.04. The van der Waals surface area contributed by atoms with E-state index in [1.165, 1.54) is 23.6 Å². The van der Waals surface area contributed by atoms with Crippen LogP contribution in [0.5, 0.6) is 0 Å². The molecule has 1 fully saturated rings. The largest absolute Gasteiger partial charge is 0.458 e. The van der Waals surface area contributed by atoms with Crippen molar-refractivity contribution in [1.29, 1.82) is 0 Å². The highest BCUT2D eigenvalue weighted by Crippen LogP contribution is 2.32. The maximum absolute atomic E-state index is 12.7. The van der Waals surface area contributed by atoms with Gasteiger partial charge in [-0.2, -0.15) is 13.2 Å². The number of aromatic nitrogens is 3. The number of rotatable bonds is 6. The smallest absolute Gasteiger partial charge is 0.390 e. The van der Waals surface area contributed by atoms with Gasteiger partial charge in [-0.25, -0.2) is 9.97 Å². The molecule has 3 aromatic heterocycles. The zero-order valence-electron chi connectivity index (χ0n) is 14.3. The van der Waals surface area contributed by atoms with Crippen molar-refractivity contribution < 1.29 is 22.4 Å². The van der Waals surface area contributed by atoms with Crippen LogP contribution in [0.3, 0.4) is 0 Å². The summed E-state index contributed by atoms with van der Waals surface area (Å²) < 4.78 is 43.2. The van der Waals surface area contributed by atoms with Gasteiger partial charge in [0.15, 0.2) is 5.76 Å². The van der Waals surface area contributed by atoms with Gasteiger partial charge in [-0.15, -0.1) is 0 Å². The third-order valence-corrected chi connectivity index (χ3v) is 4.57. The number of hydrogen-bond donors (Lipinski definition) is 1. The lowest BCUT2D eigenvalue weighted by molar-refractivity contribution is -0.136. The Bertz CT molecular complexity index is 959. The molecule has 142 valence electrons. The fourth-order valence-corrected chi connectivity index (χ4v) is 2.98. The summed E-state index contributed by atoms with van der Waals surface area (Å²) in [5, 5.41) is 0.768. The molecule has 0 saturated heterocycles. The van der Waals surface area contributed by atoms with Crippen LogP contribution >= 0.6 is 0 Å². The van der Waals surface area contributed by atoms with Gasteiger partial charge in [0.1, 0.15) is 18.2 Å². The molecule has 27 heavy (non-hydrogen) atoms. The molecule has 1 aliphatic carbocycles. The standard InChI is InChI=1S/C18H17F3N4O2/c19-18(20,21)4-6-25(8-11-1-2-11)17(26)14-7-12(9-27-14)15-13-3-5-22-16(13)24-10-23-15/h3,5,7,9-11H,1-2,4,6,8H2,(H,22,23,24). The van der Waals surface area contributed by atoms with Crippen molar-refractivity contribution in [1.82, 2.24) is 19.9 Å². The van der Waals surface area contributed by atoms with Gasteiger partial charge in [0.05, 0.1) is 12.1 Å². The van der Waals surface area contributed by atoms with Gasteiger partial charge in [0.2, 0.25) is 0 Å². The lowest BCUT2D eigenvalue weighted by atomic mass is 10.1. The van der Waals surface area contributed by atoms with Crippen molar-refractivity contribution in [3.8, 4) is 11.3 Å². The molecule has 9 heteroatoms. The van der Waals surface area contributed by atoms with Crippen LogP contribution in [-0.4, -0.2) is 45.0 Å². The SMILES string of the molecule is O=C(c1cc(-c2ncnc3[nH]ccc23)co1)N(CCC(F)(F)F)CC1CC1. The molecule has 4 rings (SSSR count). The van der Waals surface area contributed by atoms with Gasteiger partial charge in [-0.05, 0) is 30.9 Å². The first-order valence-electron chi connectivity index (χ1n) is 8.64. The van der Waals surface area contributed by atoms with Gasteiger partial charge in [-0.3, -0.25) is 4.79 Å². The number of nitrogens with zero attached hydrogens (tertiary/aromatic N) is 3. The molecule has 6 nitrogen and oxygen atoms in total. The summed E-state index contributed by atoms with van der Waals surface area (Å²) in [6, 6.07) is 3.33. The fraction of sp³-hybridized carbons (Fsp3) is 0.389. The second-order valence-corrected chi connectivity index (χ2v) is 6.72. The number of fused-ring (bicyclic) bond motifs is 1. The quantitative estimate of drug-likeness (QED) is 0.703. The van der Waals surface area contributed by atoms with Crippen molar-refractivity contribution in [2.75, 3.05) is 13.1 Å². The van der Waals surface area contributed by atoms with Crippen molar-refractivity contribution in [2.24, 2.45) is 5.92 Å². The second kappa shape index (κ2) is 6.71. The van der Waals surface area contributed by atoms with Crippen molar-refractivity contribution >= 4 is 16.9 Å². The summed E-state index contributed by atoms with van der Waals surface area (Å²) in [5.74, 6) is -0.246. The molecular formula is C18H17F3N4O2. The summed E-state index contributed by atoms with van der Waals surface area (Å²) in [5.41, 5.74) is 1.82. The molecule has 0 bridgehead atoms. The average Bonchev–Trinajstić information content (AvgIpc) is 3.11. The molecule has 3 heterocycles. The second-order valence-electron chi connectivity index (χ2n) is 6.72. The number of hydrogen-bond acceptors (Lipinski definition) is 4. The number of nitrogens with one attached hydrogen (secondary N) is 1. The Morgan fingerprint density at radius 3 is 2.89 bits per heavy atom. The molecule has 0 spiro atoms. The van der Waals surface area contributed by atoms with Crippen LogP contribution in [0.4, 0.5) is 13.2 Å². The molecule has 1 saturated carbocycles. The van der Waals surface area contributed by atoms with E-state index < -0.39 is 18.5 Å². The predicted octanol–water partition coefficient (Wildman–Crippen LogP) is 4.02. The van der Waals surface area contributed by atoms with Gasteiger partial charge in [0, 0.05) is 30.2 Å². The van der Waals surface area contributed by atoms with E-state index in [2.05, 4.69) is 15.0 Å². The molecule has 0 aliphatic heterocycles. The Kier molecular flexibility index (Phi) is 4.37. The number of aromatic amines is 1. The molecule has 3 aromatic rings. The van der Waals surface area contributed by atoms with E-state index in [0.717, 1.165) is 18.2 Å². The molecular weight excluding hydrogens is 361 g/mol. The van der Waals surface area contributed by atoms with Crippen LogP contribution in [0.15, 0.2) is 35.3 Å². The number of carbonyl (C=O) groups is 1. The van der Waals surface area contributed by atoms with Crippen molar-refractivity contribution in [3.05, 3.63) is 36.7 Å². The normalized spacial score (nSPS) is 14.6. The van der Waals surface area contributed by atoms with Crippen LogP contribution in [0.25, 0.3) is 22.3 Å². The molecule has 0 atom stereocenters. The Labute approximate surface area is 152 Å². The first kappa shape index (κ1) is 17.6. The van der Waals surface area contributed by atoms with E-state index >= 15 is 0 Å². The summed E-state index contributed by atoms with van der Waals surface area (Å²) in [6.45, 7) is -0.0507. The molecule has 1 amide bonds. The van der Waals surface area contributed by atoms with E-state index in [0.29, 0.717) is 23.4 Å². The van der Waals surface area contributed by atoms with Crippen molar-refractivity contribution in [3.63, 3.8) is 0 Å². The molecule has 0 radical (unpaired) electrons. The number of alkyl halides is 3. The summed E-state index contributed by atoms with van der Waals surface area (Å²) in [7, 11) is 0. The minimum absolute atomic E-state index is 0.00937. The Morgan fingerprint density at radius 1 is 1.33 bits per heavy atom. The average molecular weight is 378 g/mol. The first-order valence-corrected chi connectivity index (χ1v) is 8.64. The number of carbonyl (C=O) groups excluding carboxylic acids is 1. The fourth-order valence-electron chi connectivity index (χ4n) is 2.98. The number of halogens is 3. The third-order valence-electron chi connectivity index (χ3n) is 4.57. The van der Waals surface area contributed by atoms with Gasteiger partial charge < -0.3 is 14.3 Å². The summed E-state index contributed by atoms with van der Waals surface area (Å²) >= 11 is 0. The highest BCUT2D eigenvalue weighted by atomic mass is 19.4. The Morgan fingerprint density at radius 2 is 2.15 bits per heavy atom. The van der Waals surface area contributed by atoms with Crippen LogP contribution in [0, 0.1) is 5.92 Å². The summed E-state index contributed by atoms with van der Waals surface area (Å²) in [4.78, 5) is 25.3. The number of furan rings is 1. The van der Waals surface area contributed by atoms with Crippen LogP contribution in [0.1, 0.15) is 29.8 Å². The lowest BCUT2D eigenvalue weighted by Crippen LogP contribution is -2.35.